The van der Waals surface area contributed by atoms with E-state index in [1.165, 1.54) is 6.42 Å². The maximum absolute atomic E-state index is 11.5. The van der Waals surface area contributed by atoms with Crippen molar-refractivity contribution in [1.82, 2.24) is 10.2 Å². The summed E-state index contributed by atoms with van der Waals surface area (Å²) < 4.78 is 5.01. The number of carbonyl (C=O) groups is 1. The van der Waals surface area contributed by atoms with Crippen molar-refractivity contribution in [2.45, 2.75) is 53.0 Å². The molecule has 0 bridgehead atoms. The first-order valence-electron chi connectivity index (χ1n) is 7.87. The zero-order valence-electron chi connectivity index (χ0n) is 13.9. The van der Waals surface area contributed by atoms with Crippen molar-refractivity contribution >= 4 is 5.97 Å². The van der Waals surface area contributed by atoms with E-state index in [0.717, 1.165) is 26.1 Å². The molecule has 0 aromatic carbocycles. The minimum atomic E-state index is -0.0556. The van der Waals surface area contributed by atoms with Gasteiger partial charge >= 0.3 is 5.97 Å². The summed E-state index contributed by atoms with van der Waals surface area (Å²) in [6.07, 6.45) is 2.66. The maximum Gasteiger partial charge on any atom is 0.305 e. The molecule has 2 unspecified atom stereocenters. The van der Waals surface area contributed by atoms with Gasteiger partial charge in [-0.15, -0.1) is 0 Å². The number of hydrogen-bond acceptors (Lipinski definition) is 4. The molecule has 20 heavy (non-hydrogen) atoms. The predicted octanol–water partition coefficient (Wildman–Crippen LogP) is 2.29. The van der Waals surface area contributed by atoms with Crippen molar-refractivity contribution in [1.29, 1.82) is 0 Å². The number of rotatable bonds is 6. The highest BCUT2D eigenvalue weighted by Gasteiger charge is 2.26. The number of likely N-dealkylation sites (N-methyl/N-ethyl adjacent to an activating group) is 1. The zero-order valence-corrected chi connectivity index (χ0v) is 13.9. The molecule has 2 atom stereocenters. The molecule has 1 rings (SSSR count). The minimum Gasteiger partial charge on any atom is -0.466 e. The van der Waals surface area contributed by atoms with Crippen molar-refractivity contribution in [2.24, 2.45) is 11.3 Å². The number of piperidine rings is 1. The Balaban J connectivity index is 2.35. The third-order valence-electron chi connectivity index (χ3n) is 3.70. The fraction of sp³-hybridized carbons (Fsp3) is 0.938. The number of hydrogen-bond donors (Lipinski definition) is 1. The lowest BCUT2D eigenvalue weighted by Gasteiger charge is -2.37. The molecule has 4 nitrogen and oxygen atoms in total. The van der Waals surface area contributed by atoms with Gasteiger partial charge in [-0.3, -0.25) is 4.79 Å². The molecule has 0 spiro atoms. The monoisotopic (exact) mass is 284 g/mol. The Morgan fingerprint density at radius 3 is 2.65 bits per heavy atom. The molecule has 0 aromatic rings. The molecule has 1 saturated heterocycles. The average Bonchev–Trinajstić information content (AvgIpc) is 2.33. The van der Waals surface area contributed by atoms with Crippen LogP contribution in [-0.2, 0) is 9.53 Å². The lowest BCUT2D eigenvalue weighted by Crippen LogP contribution is -2.49. The van der Waals surface area contributed by atoms with Gasteiger partial charge in [0.15, 0.2) is 0 Å². The molecule has 0 amide bonds. The van der Waals surface area contributed by atoms with E-state index >= 15 is 0 Å². The second-order valence-corrected chi connectivity index (χ2v) is 7.31. The highest BCUT2D eigenvalue weighted by molar-refractivity contribution is 5.69. The number of nitrogens with one attached hydrogen (secondary N) is 1. The third kappa shape index (κ3) is 7.25. The first kappa shape index (κ1) is 17.4. The fourth-order valence-electron chi connectivity index (χ4n) is 2.81. The van der Waals surface area contributed by atoms with Gasteiger partial charge in [-0.05, 0) is 38.1 Å². The molecule has 118 valence electrons. The van der Waals surface area contributed by atoms with Gasteiger partial charge in [0, 0.05) is 32.1 Å². The van der Waals surface area contributed by atoms with E-state index in [1.807, 2.05) is 6.92 Å². The summed E-state index contributed by atoms with van der Waals surface area (Å²) in [5.74, 6) is 0.538. The summed E-state index contributed by atoms with van der Waals surface area (Å²) in [7, 11) is 2.17. The highest BCUT2D eigenvalue weighted by Crippen LogP contribution is 2.22. The van der Waals surface area contributed by atoms with Crippen molar-refractivity contribution in [3.63, 3.8) is 0 Å². The lowest BCUT2D eigenvalue weighted by atomic mass is 9.89. The van der Waals surface area contributed by atoms with Crippen LogP contribution in [0, 0.1) is 11.3 Å². The highest BCUT2D eigenvalue weighted by atomic mass is 16.5. The fourth-order valence-corrected chi connectivity index (χ4v) is 2.81. The van der Waals surface area contributed by atoms with Crippen molar-refractivity contribution in [2.75, 3.05) is 33.3 Å². The lowest BCUT2D eigenvalue weighted by molar-refractivity contribution is -0.143. The summed E-state index contributed by atoms with van der Waals surface area (Å²) in [5, 5.41) is 3.68. The van der Waals surface area contributed by atoms with E-state index in [9.17, 15) is 4.79 Å². The molecule has 1 fully saturated rings. The second kappa shape index (κ2) is 7.99. The van der Waals surface area contributed by atoms with E-state index in [0.29, 0.717) is 30.4 Å². The molecule has 0 aromatic heterocycles. The average molecular weight is 284 g/mol. The summed E-state index contributed by atoms with van der Waals surface area (Å²) >= 11 is 0. The van der Waals surface area contributed by atoms with E-state index in [-0.39, 0.29) is 5.97 Å². The third-order valence-corrected chi connectivity index (χ3v) is 3.70. The quantitative estimate of drug-likeness (QED) is 0.760. The van der Waals surface area contributed by atoms with Crippen molar-refractivity contribution in [3.05, 3.63) is 0 Å². The topological polar surface area (TPSA) is 41.6 Å². The van der Waals surface area contributed by atoms with Crippen LogP contribution in [0.1, 0.15) is 47.0 Å². The molecule has 1 heterocycles. The largest absolute Gasteiger partial charge is 0.466 e. The Kier molecular flexibility index (Phi) is 6.96. The molecule has 1 aliphatic heterocycles. The van der Waals surface area contributed by atoms with Gasteiger partial charge in [-0.2, -0.15) is 0 Å². The van der Waals surface area contributed by atoms with Crippen LogP contribution in [0.2, 0.25) is 0 Å². The minimum absolute atomic E-state index is 0.0556. The van der Waals surface area contributed by atoms with E-state index in [4.69, 9.17) is 4.74 Å². The molecular formula is C16H32N2O2. The van der Waals surface area contributed by atoms with E-state index in [2.05, 4.69) is 38.0 Å². The maximum atomic E-state index is 11.5. The Morgan fingerprint density at radius 2 is 2.05 bits per heavy atom. The van der Waals surface area contributed by atoms with Crippen LogP contribution in [-0.4, -0.2) is 50.2 Å². The molecule has 4 heteroatoms. The van der Waals surface area contributed by atoms with Gasteiger partial charge < -0.3 is 15.0 Å². The first-order valence-corrected chi connectivity index (χ1v) is 7.87. The van der Waals surface area contributed by atoms with Gasteiger partial charge in [-0.25, -0.2) is 0 Å². The van der Waals surface area contributed by atoms with Crippen molar-refractivity contribution < 1.29 is 9.53 Å². The Morgan fingerprint density at radius 1 is 1.35 bits per heavy atom. The number of ether oxygens (including phenoxy) is 1. The Bertz CT molecular complexity index is 299. The van der Waals surface area contributed by atoms with Crippen LogP contribution in [0.5, 0.6) is 0 Å². The molecular weight excluding hydrogens is 252 g/mol. The van der Waals surface area contributed by atoms with Crippen LogP contribution in [0.4, 0.5) is 0 Å². The number of esters is 1. The van der Waals surface area contributed by atoms with Crippen LogP contribution >= 0.6 is 0 Å². The predicted molar refractivity (Wildman–Crippen MR) is 82.7 cm³/mol. The molecule has 0 radical (unpaired) electrons. The van der Waals surface area contributed by atoms with Crippen LogP contribution in [0.15, 0.2) is 0 Å². The van der Waals surface area contributed by atoms with Crippen molar-refractivity contribution in [3.8, 4) is 0 Å². The van der Waals surface area contributed by atoms with E-state index < -0.39 is 0 Å². The standard InChI is InChI=1S/C16H32N2O2/c1-6-20-15(19)8-7-13-9-14(11-18(5)10-13)17-12-16(2,3)4/h13-14,17H,6-12H2,1-5H3. The number of likely N-dealkylation sites (tertiary alicyclic amines) is 1. The normalized spacial score (nSPS) is 24.6. The SMILES string of the molecule is CCOC(=O)CCC1CC(NCC(C)(C)C)CN(C)C1. The summed E-state index contributed by atoms with van der Waals surface area (Å²) in [6.45, 7) is 12.3. The second-order valence-electron chi connectivity index (χ2n) is 7.31. The van der Waals surface area contributed by atoms with Gasteiger partial charge in [-0.1, -0.05) is 20.8 Å². The molecule has 0 saturated carbocycles. The summed E-state index contributed by atoms with van der Waals surface area (Å²) in [5.41, 5.74) is 0.316. The van der Waals surface area contributed by atoms with Gasteiger partial charge in [0.2, 0.25) is 0 Å². The smallest absolute Gasteiger partial charge is 0.305 e. The molecule has 0 aliphatic carbocycles. The number of carbonyl (C=O) groups excluding carboxylic acids is 1. The van der Waals surface area contributed by atoms with Crippen LogP contribution < -0.4 is 5.32 Å². The molecule has 1 N–H and O–H groups in total. The van der Waals surface area contributed by atoms with Gasteiger partial charge in [0.1, 0.15) is 0 Å². The summed E-state index contributed by atoms with van der Waals surface area (Å²) in [4.78, 5) is 13.8. The zero-order chi connectivity index (χ0) is 15.2. The first-order chi connectivity index (χ1) is 9.30. The summed E-state index contributed by atoms with van der Waals surface area (Å²) in [6, 6.07) is 0.542. The van der Waals surface area contributed by atoms with Crippen LogP contribution in [0.3, 0.4) is 0 Å². The Hall–Kier alpha value is -0.610. The van der Waals surface area contributed by atoms with Gasteiger partial charge in [0.05, 0.1) is 6.61 Å². The van der Waals surface area contributed by atoms with Gasteiger partial charge in [0.25, 0.3) is 0 Å². The molecule has 1 aliphatic rings. The Labute approximate surface area is 124 Å². The number of nitrogens with zero attached hydrogens (tertiary/aromatic N) is 1. The van der Waals surface area contributed by atoms with Crippen LogP contribution in [0.25, 0.3) is 0 Å². The van der Waals surface area contributed by atoms with E-state index in [1.54, 1.807) is 0 Å².